The first kappa shape index (κ1) is 13.7. The highest BCUT2D eigenvalue weighted by Gasteiger charge is 2.15. The summed E-state index contributed by atoms with van der Waals surface area (Å²) in [5.41, 5.74) is 1.22. The molecular weight excluding hydrogens is 260 g/mol. The number of non-ortho nitro benzene ring substituents is 2. The largest absolute Gasteiger partial charge is 0.269 e. The molecule has 0 aromatic heterocycles. The van der Waals surface area contributed by atoms with E-state index >= 15 is 0 Å². The Morgan fingerprint density at radius 1 is 0.850 bits per heavy atom. The van der Waals surface area contributed by atoms with Gasteiger partial charge in [-0.1, -0.05) is 24.3 Å². The van der Waals surface area contributed by atoms with Crippen LogP contribution in [0.4, 0.5) is 11.4 Å². The Balaban J connectivity index is 2.38. The van der Waals surface area contributed by atoms with Crippen LogP contribution in [0.1, 0.15) is 17.0 Å². The van der Waals surface area contributed by atoms with Crippen LogP contribution >= 0.6 is 0 Å². The van der Waals surface area contributed by atoms with Crippen molar-refractivity contribution in [1.29, 1.82) is 0 Å². The second kappa shape index (κ2) is 5.48. The normalized spacial score (nSPS) is 10.5. The van der Waals surface area contributed by atoms with Gasteiger partial charge < -0.3 is 0 Å². The van der Waals surface area contributed by atoms with Gasteiger partial charge in [0.2, 0.25) is 0 Å². The third-order valence-corrected chi connectivity index (χ3v) is 2.97. The Labute approximate surface area is 115 Å². The molecule has 0 spiro atoms. The van der Waals surface area contributed by atoms with Crippen LogP contribution in [0.2, 0.25) is 0 Å². The quantitative estimate of drug-likeness (QED) is 0.629. The molecule has 6 nitrogen and oxygen atoms in total. The van der Waals surface area contributed by atoms with Crippen LogP contribution in [-0.2, 0) is 0 Å². The van der Waals surface area contributed by atoms with Gasteiger partial charge in [-0.05, 0) is 18.1 Å². The molecule has 2 aromatic carbocycles. The smallest absolute Gasteiger partial charge is 0.258 e. The Kier molecular flexibility index (Phi) is 3.74. The van der Waals surface area contributed by atoms with Gasteiger partial charge in [0.15, 0.2) is 0 Å². The number of nitro benzene ring substituents is 2. The van der Waals surface area contributed by atoms with E-state index in [4.69, 9.17) is 0 Å². The lowest BCUT2D eigenvalue weighted by atomic mass is 9.92. The maximum atomic E-state index is 10.8. The molecule has 0 atom stereocenters. The zero-order valence-corrected chi connectivity index (χ0v) is 10.4. The molecule has 101 valence electrons. The minimum atomic E-state index is -0.482. The monoisotopic (exact) mass is 271 g/mol. The summed E-state index contributed by atoms with van der Waals surface area (Å²) in [7, 11) is 0. The van der Waals surface area contributed by atoms with Crippen LogP contribution in [0.5, 0.6) is 0 Å². The summed E-state index contributed by atoms with van der Waals surface area (Å²) >= 11 is 0. The van der Waals surface area contributed by atoms with Crippen molar-refractivity contribution in [3.05, 3.63) is 86.8 Å². The summed E-state index contributed by atoms with van der Waals surface area (Å²) in [5, 5.41) is 21.5. The molecule has 0 saturated carbocycles. The van der Waals surface area contributed by atoms with E-state index in [1.807, 2.05) is 0 Å². The van der Waals surface area contributed by atoms with E-state index < -0.39 is 15.8 Å². The molecule has 0 amide bonds. The van der Waals surface area contributed by atoms with E-state index in [0.29, 0.717) is 11.1 Å². The van der Waals surface area contributed by atoms with Crippen LogP contribution in [-0.4, -0.2) is 9.85 Å². The van der Waals surface area contributed by atoms with Crippen molar-refractivity contribution in [3.63, 3.8) is 0 Å². The van der Waals surface area contributed by atoms with Gasteiger partial charge in [0.25, 0.3) is 11.4 Å². The summed E-state index contributed by atoms with van der Waals surface area (Å²) in [4.78, 5) is 20.5. The van der Waals surface area contributed by atoms with E-state index in [2.05, 4.69) is 6.92 Å². The van der Waals surface area contributed by atoms with Gasteiger partial charge in [-0.15, -0.1) is 0 Å². The average molecular weight is 271 g/mol. The number of nitro groups is 2. The fraction of sp³-hybridized carbons (Fsp3) is 0.0714. The minimum Gasteiger partial charge on any atom is -0.258 e. The first-order chi connectivity index (χ1) is 9.49. The van der Waals surface area contributed by atoms with Crippen molar-refractivity contribution >= 4 is 11.4 Å². The predicted octanol–water partition coefficient (Wildman–Crippen LogP) is 3.47. The summed E-state index contributed by atoms with van der Waals surface area (Å²) < 4.78 is 0. The van der Waals surface area contributed by atoms with Crippen molar-refractivity contribution in [2.75, 3.05) is 0 Å². The second-order valence-corrected chi connectivity index (χ2v) is 4.26. The van der Waals surface area contributed by atoms with Crippen LogP contribution in [0.15, 0.2) is 48.5 Å². The maximum Gasteiger partial charge on any atom is 0.269 e. The summed E-state index contributed by atoms with van der Waals surface area (Å²) in [6, 6.07) is 12.2. The van der Waals surface area contributed by atoms with Gasteiger partial charge in [0.1, 0.15) is 0 Å². The first-order valence-electron chi connectivity index (χ1n) is 5.81. The number of rotatable bonds is 4. The highest BCUT2D eigenvalue weighted by molar-refractivity contribution is 5.44. The lowest BCUT2D eigenvalue weighted by Gasteiger charge is -2.11. The summed E-state index contributed by atoms with van der Waals surface area (Å²) in [6.45, 7) is 3.93. The van der Waals surface area contributed by atoms with Gasteiger partial charge in [0, 0.05) is 30.2 Å². The number of hydrogen-bond donors (Lipinski definition) is 0. The molecule has 0 aliphatic heterocycles. The Morgan fingerprint density at radius 3 is 1.60 bits per heavy atom. The molecular formula is C14H11N2O4. The molecule has 0 fully saturated rings. The highest BCUT2D eigenvalue weighted by Crippen LogP contribution is 2.28. The van der Waals surface area contributed by atoms with E-state index in [1.54, 1.807) is 24.3 Å². The minimum absolute atomic E-state index is 0.0263. The topological polar surface area (TPSA) is 86.3 Å². The molecule has 0 heterocycles. The zero-order chi connectivity index (χ0) is 14.7. The average Bonchev–Trinajstić information content (AvgIpc) is 2.46. The molecule has 0 saturated heterocycles. The van der Waals surface area contributed by atoms with Crippen LogP contribution < -0.4 is 0 Å². The molecule has 2 aromatic rings. The van der Waals surface area contributed by atoms with Crippen LogP contribution in [0.3, 0.4) is 0 Å². The van der Waals surface area contributed by atoms with Gasteiger partial charge in [-0.2, -0.15) is 0 Å². The lowest BCUT2D eigenvalue weighted by molar-refractivity contribution is -0.385. The number of benzene rings is 2. The van der Waals surface area contributed by atoms with Crippen molar-refractivity contribution in [2.24, 2.45) is 0 Å². The molecule has 0 bridgehead atoms. The Hall–Kier alpha value is -2.76. The van der Waals surface area contributed by atoms with E-state index in [0.717, 1.165) is 0 Å². The van der Waals surface area contributed by atoms with Gasteiger partial charge in [-0.25, -0.2) is 0 Å². The van der Waals surface area contributed by atoms with Crippen molar-refractivity contribution in [3.8, 4) is 0 Å². The third-order valence-electron chi connectivity index (χ3n) is 2.97. The SMILES string of the molecule is [CH2]C(c1cccc([N+](=O)[O-])c1)c1cccc([N+](=O)[O-])c1. The van der Waals surface area contributed by atoms with E-state index in [1.165, 1.54) is 24.3 Å². The molecule has 0 aliphatic carbocycles. The van der Waals surface area contributed by atoms with Crippen LogP contribution in [0, 0.1) is 27.2 Å². The fourth-order valence-corrected chi connectivity index (χ4v) is 1.90. The molecule has 20 heavy (non-hydrogen) atoms. The molecule has 6 heteroatoms. The Morgan fingerprint density at radius 2 is 1.25 bits per heavy atom. The second-order valence-electron chi connectivity index (χ2n) is 4.26. The number of nitrogens with zero attached hydrogens (tertiary/aromatic N) is 2. The van der Waals surface area contributed by atoms with Crippen molar-refractivity contribution in [1.82, 2.24) is 0 Å². The molecule has 0 unspecified atom stereocenters. The molecule has 0 aliphatic rings. The highest BCUT2D eigenvalue weighted by atomic mass is 16.6. The van der Waals surface area contributed by atoms with E-state index in [9.17, 15) is 20.2 Å². The molecule has 1 radical (unpaired) electrons. The summed E-state index contributed by atoms with van der Waals surface area (Å²) in [5.74, 6) is -0.408. The van der Waals surface area contributed by atoms with Gasteiger partial charge in [-0.3, -0.25) is 20.2 Å². The molecule has 2 rings (SSSR count). The van der Waals surface area contributed by atoms with Crippen molar-refractivity contribution < 1.29 is 9.85 Å². The zero-order valence-electron chi connectivity index (χ0n) is 10.4. The summed E-state index contributed by atoms with van der Waals surface area (Å²) in [6.07, 6.45) is 0. The predicted molar refractivity (Wildman–Crippen MR) is 73.4 cm³/mol. The Bertz CT molecular complexity index is 612. The van der Waals surface area contributed by atoms with Gasteiger partial charge >= 0.3 is 0 Å². The molecule has 0 N–H and O–H groups in total. The third kappa shape index (κ3) is 2.80. The van der Waals surface area contributed by atoms with Crippen LogP contribution in [0.25, 0.3) is 0 Å². The van der Waals surface area contributed by atoms with Gasteiger partial charge in [0.05, 0.1) is 9.85 Å². The van der Waals surface area contributed by atoms with Crippen molar-refractivity contribution in [2.45, 2.75) is 5.92 Å². The van der Waals surface area contributed by atoms with E-state index in [-0.39, 0.29) is 11.4 Å². The standard InChI is InChI=1S/C14H11N2O4/c1-10(11-4-2-6-13(8-11)15(17)18)12-5-3-7-14(9-12)16(19)20/h2-10H,1H2. The fourth-order valence-electron chi connectivity index (χ4n) is 1.90. The number of hydrogen-bond acceptors (Lipinski definition) is 4. The first-order valence-corrected chi connectivity index (χ1v) is 5.81. The maximum absolute atomic E-state index is 10.8. The lowest BCUT2D eigenvalue weighted by Crippen LogP contribution is -1.99.